The third-order valence-electron chi connectivity index (χ3n) is 5.39. The van der Waals surface area contributed by atoms with E-state index in [-0.39, 0.29) is 11.8 Å². The van der Waals surface area contributed by atoms with Crippen LogP contribution in [-0.4, -0.2) is 40.3 Å². The maximum Gasteiger partial charge on any atom is 0.250 e. The molecule has 2 aliphatic rings. The largest absolute Gasteiger partial charge is 0.493 e. The third kappa shape index (κ3) is 3.01. The second-order valence-electron chi connectivity index (χ2n) is 6.87. The number of carbonyl (C=O) groups excluding carboxylic acids is 2. The Balaban J connectivity index is 1.75. The highest BCUT2D eigenvalue weighted by Crippen LogP contribution is 2.43. The summed E-state index contributed by atoms with van der Waals surface area (Å²) < 4.78 is 21.3. The van der Waals surface area contributed by atoms with E-state index in [4.69, 9.17) is 18.9 Å². The van der Waals surface area contributed by atoms with Gasteiger partial charge in [0.2, 0.25) is 0 Å². The van der Waals surface area contributed by atoms with Gasteiger partial charge in [0.15, 0.2) is 23.0 Å². The van der Waals surface area contributed by atoms with E-state index in [0.29, 0.717) is 34.1 Å². The van der Waals surface area contributed by atoms with Crippen LogP contribution in [-0.2, 0) is 9.59 Å². The zero-order chi connectivity index (χ0) is 21.4. The summed E-state index contributed by atoms with van der Waals surface area (Å²) in [6.07, 6.45) is 0. The summed E-state index contributed by atoms with van der Waals surface area (Å²) in [4.78, 5) is 25.7. The molecule has 0 aliphatic carbocycles. The summed E-state index contributed by atoms with van der Waals surface area (Å²) in [6, 6.07) is 9.48. The Kier molecular flexibility index (Phi) is 4.99. The van der Waals surface area contributed by atoms with Gasteiger partial charge < -0.3 is 29.6 Å². The van der Waals surface area contributed by atoms with Gasteiger partial charge in [0.1, 0.15) is 0 Å². The Hall–Kier alpha value is -3.68. The van der Waals surface area contributed by atoms with Gasteiger partial charge in [0, 0.05) is 0 Å². The average Bonchev–Trinajstić information content (AvgIpc) is 3.30. The molecule has 0 saturated heterocycles. The number of benzene rings is 2. The number of ether oxygens (including phenoxy) is 4. The van der Waals surface area contributed by atoms with Crippen molar-refractivity contribution >= 4 is 11.8 Å². The van der Waals surface area contributed by atoms with Crippen molar-refractivity contribution in [2.24, 2.45) is 0 Å². The minimum Gasteiger partial charge on any atom is -0.493 e. The smallest absolute Gasteiger partial charge is 0.250 e. The van der Waals surface area contributed by atoms with Crippen LogP contribution < -0.4 is 29.6 Å². The molecular weight excluding hydrogens is 388 g/mol. The summed E-state index contributed by atoms with van der Waals surface area (Å²) in [5.74, 6) is 1.60. The molecule has 30 heavy (non-hydrogen) atoms. The van der Waals surface area contributed by atoms with Crippen LogP contribution in [0.3, 0.4) is 0 Å². The first-order valence-electron chi connectivity index (χ1n) is 9.32. The zero-order valence-electron chi connectivity index (χ0n) is 17.1. The molecule has 2 unspecified atom stereocenters. The maximum absolute atomic E-state index is 12.9. The number of amides is 2. The molecule has 2 heterocycles. The molecule has 8 heteroatoms. The number of hydrogen-bond donors (Lipinski definition) is 2. The van der Waals surface area contributed by atoms with E-state index in [2.05, 4.69) is 10.6 Å². The molecule has 0 fully saturated rings. The van der Waals surface area contributed by atoms with Crippen LogP contribution >= 0.6 is 0 Å². The number of methoxy groups -OCH3 is 4. The van der Waals surface area contributed by atoms with Crippen molar-refractivity contribution in [3.63, 3.8) is 0 Å². The summed E-state index contributed by atoms with van der Waals surface area (Å²) in [6.45, 7) is 0. The topological polar surface area (TPSA) is 95.1 Å². The van der Waals surface area contributed by atoms with Crippen LogP contribution in [0.4, 0.5) is 0 Å². The van der Waals surface area contributed by atoms with E-state index in [0.717, 1.165) is 11.1 Å². The first-order valence-corrected chi connectivity index (χ1v) is 9.32. The van der Waals surface area contributed by atoms with Gasteiger partial charge in [-0.2, -0.15) is 0 Å². The number of nitrogens with one attached hydrogen (secondary N) is 2. The van der Waals surface area contributed by atoms with Gasteiger partial charge in [0.25, 0.3) is 11.8 Å². The van der Waals surface area contributed by atoms with E-state index in [9.17, 15) is 9.59 Å². The molecule has 2 aliphatic heterocycles. The van der Waals surface area contributed by atoms with E-state index in [1.54, 1.807) is 50.6 Å². The molecule has 8 nitrogen and oxygen atoms in total. The molecule has 4 rings (SSSR count). The van der Waals surface area contributed by atoms with Crippen LogP contribution in [0.15, 0.2) is 47.5 Å². The quantitative estimate of drug-likeness (QED) is 0.757. The van der Waals surface area contributed by atoms with Gasteiger partial charge in [-0.25, -0.2) is 0 Å². The summed E-state index contributed by atoms with van der Waals surface area (Å²) in [5.41, 5.74) is 2.28. The highest BCUT2D eigenvalue weighted by molar-refractivity contribution is 6.14. The molecule has 2 aromatic carbocycles. The fraction of sp³-hybridized carbons (Fsp3) is 0.273. The van der Waals surface area contributed by atoms with Crippen LogP contribution in [0.2, 0.25) is 0 Å². The van der Waals surface area contributed by atoms with Crippen LogP contribution in [0.25, 0.3) is 0 Å². The summed E-state index contributed by atoms with van der Waals surface area (Å²) in [5, 5.41) is 5.83. The Morgan fingerprint density at radius 3 is 1.30 bits per heavy atom. The number of rotatable bonds is 6. The molecule has 2 amide bonds. The second-order valence-corrected chi connectivity index (χ2v) is 6.87. The number of carbonyl (C=O) groups is 2. The molecule has 0 radical (unpaired) electrons. The lowest BCUT2D eigenvalue weighted by Gasteiger charge is -2.19. The number of hydrogen-bond acceptors (Lipinski definition) is 6. The van der Waals surface area contributed by atoms with E-state index in [1.165, 1.54) is 14.2 Å². The van der Waals surface area contributed by atoms with Crippen molar-refractivity contribution in [2.45, 2.75) is 12.1 Å². The second kappa shape index (κ2) is 7.62. The van der Waals surface area contributed by atoms with Crippen LogP contribution in [0.5, 0.6) is 23.0 Å². The Bertz CT molecular complexity index is 978. The highest BCUT2D eigenvalue weighted by atomic mass is 16.5. The normalized spacial score (nSPS) is 19.9. The van der Waals surface area contributed by atoms with Gasteiger partial charge in [-0.1, -0.05) is 12.1 Å². The highest BCUT2D eigenvalue weighted by Gasteiger charge is 2.46. The zero-order valence-corrected chi connectivity index (χ0v) is 17.1. The molecule has 2 N–H and O–H groups in total. The van der Waals surface area contributed by atoms with Gasteiger partial charge in [-0.05, 0) is 35.4 Å². The van der Waals surface area contributed by atoms with Gasteiger partial charge >= 0.3 is 0 Å². The van der Waals surface area contributed by atoms with Crippen molar-refractivity contribution < 1.29 is 28.5 Å². The average molecular weight is 410 g/mol. The van der Waals surface area contributed by atoms with Gasteiger partial charge in [-0.3, -0.25) is 9.59 Å². The molecule has 0 saturated carbocycles. The fourth-order valence-electron chi connectivity index (χ4n) is 3.94. The minimum atomic E-state index is -0.572. The third-order valence-corrected chi connectivity index (χ3v) is 5.39. The molecule has 2 aromatic rings. The van der Waals surface area contributed by atoms with E-state index < -0.39 is 12.1 Å². The van der Waals surface area contributed by atoms with Crippen molar-refractivity contribution in [1.82, 2.24) is 10.6 Å². The minimum absolute atomic E-state index is 0.289. The van der Waals surface area contributed by atoms with Crippen molar-refractivity contribution in [3.05, 3.63) is 58.7 Å². The molecule has 0 bridgehead atoms. The van der Waals surface area contributed by atoms with Crippen LogP contribution in [0.1, 0.15) is 23.2 Å². The first-order chi connectivity index (χ1) is 14.5. The van der Waals surface area contributed by atoms with Crippen molar-refractivity contribution in [3.8, 4) is 23.0 Å². The lowest BCUT2D eigenvalue weighted by Crippen LogP contribution is -2.33. The summed E-state index contributed by atoms with van der Waals surface area (Å²) in [7, 11) is 6.17. The molecular formula is C22H22N2O6. The lowest BCUT2D eigenvalue weighted by molar-refractivity contribution is -0.118. The Morgan fingerprint density at radius 1 is 0.600 bits per heavy atom. The van der Waals surface area contributed by atoms with Gasteiger partial charge in [-0.15, -0.1) is 0 Å². The predicted octanol–water partition coefficient (Wildman–Crippen LogP) is 2.06. The van der Waals surface area contributed by atoms with Crippen molar-refractivity contribution in [2.75, 3.05) is 28.4 Å². The SMILES string of the molecule is COc1ccc(C2NC(=O)C3=C2C(=O)NC3c2ccc(OC)c(OC)c2)cc1OC. The monoisotopic (exact) mass is 410 g/mol. The maximum atomic E-state index is 12.9. The molecule has 0 spiro atoms. The first kappa shape index (κ1) is 19.6. The van der Waals surface area contributed by atoms with Crippen molar-refractivity contribution in [1.29, 1.82) is 0 Å². The molecule has 156 valence electrons. The molecule has 2 atom stereocenters. The Labute approximate surface area is 173 Å². The summed E-state index contributed by atoms with van der Waals surface area (Å²) >= 11 is 0. The standard InChI is InChI=1S/C22H22N2O6/c1-27-13-7-5-11(9-15(13)29-3)19-17-18(22(26)23-19)20(24-21(17)25)12-6-8-14(28-2)16(10-12)30-4/h5-10,19-20H,1-4H3,(H,23,26)(H,24,25). The lowest BCUT2D eigenvalue weighted by atomic mass is 9.95. The molecule has 0 aromatic heterocycles. The van der Waals surface area contributed by atoms with E-state index in [1.807, 2.05) is 0 Å². The van der Waals surface area contributed by atoms with Crippen LogP contribution in [0, 0.1) is 0 Å². The van der Waals surface area contributed by atoms with Gasteiger partial charge in [0.05, 0.1) is 51.7 Å². The van der Waals surface area contributed by atoms with E-state index >= 15 is 0 Å². The fourth-order valence-corrected chi connectivity index (χ4v) is 3.94. The predicted molar refractivity (Wildman–Crippen MR) is 108 cm³/mol. The Morgan fingerprint density at radius 2 is 0.967 bits per heavy atom.